The van der Waals surface area contributed by atoms with Crippen LogP contribution >= 0.6 is 0 Å². The minimum absolute atomic E-state index is 0.189. The van der Waals surface area contributed by atoms with Gasteiger partial charge in [-0.25, -0.2) is 0 Å². The number of carbonyl (C=O) groups excluding carboxylic acids is 2. The first kappa shape index (κ1) is 13.1. The van der Waals surface area contributed by atoms with Crippen LogP contribution in [0, 0.1) is 0 Å². The van der Waals surface area contributed by atoms with Crippen molar-refractivity contribution in [1.82, 2.24) is 10.6 Å². The molecule has 1 aromatic rings. The van der Waals surface area contributed by atoms with Crippen molar-refractivity contribution in [2.75, 3.05) is 13.1 Å². The Morgan fingerprint density at radius 3 is 2.53 bits per heavy atom. The molecule has 2 amide bonds. The van der Waals surface area contributed by atoms with Gasteiger partial charge in [-0.1, -0.05) is 0 Å². The van der Waals surface area contributed by atoms with Gasteiger partial charge in [0.15, 0.2) is 0 Å². The van der Waals surface area contributed by atoms with Crippen LogP contribution in [0.4, 0.5) is 13.2 Å². The summed E-state index contributed by atoms with van der Waals surface area (Å²) in [6, 6.07) is 1.36. The molecule has 94 valence electrons. The molecule has 0 atom stereocenters. The molecule has 5 nitrogen and oxygen atoms in total. The Bertz CT molecular complexity index is 387. The number of alkyl halides is 3. The first-order valence-corrected chi connectivity index (χ1v) is 4.52. The molecule has 2 N–H and O–H groups in total. The molecule has 1 heterocycles. The maximum atomic E-state index is 11.7. The Morgan fingerprint density at radius 1 is 1.29 bits per heavy atom. The SMILES string of the molecule is O=C(CNC(=O)c1ccoc1)NCC(F)(F)F. The minimum Gasteiger partial charge on any atom is -0.472 e. The summed E-state index contributed by atoms with van der Waals surface area (Å²) in [6.07, 6.45) is -2.05. The van der Waals surface area contributed by atoms with E-state index in [0.29, 0.717) is 0 Å². The smallest absolute Gasteiger partial charge is 0.405 e. The Kier molecular flexibility index (Phi) is 4.13. The van der Waals surface area contributed by atoms with E-state index < -0.39 is 31.1 Å². The van der Waals surface area contributed by atoms with Crippen molar-refractivity contribution in [2.24, 2.45) is 0 Å². The number of furan rings is 1. The average molecular weight is 250 g/mol. The molecule has 8 heteroatoms. The molecule has 0 fully saturated rings. The van der Waals surface area contributed by atoms with Crippen LogP contribution in [0.25, 0.3) is 0 Å². The van der Waals surface area contributed by atoms with Crippen LogP contribution in [-0.4, -0.2) is 31.1 Å². The predicted molar refractivity (Wildman–Crippen MR) is 50.1 cm³/mol. The molecule has 0 radical (unpaired) electrons. The standard InChI is InChI=1S/C9H9F3N2O3/c10-9(11,12)5-14-7(15)3-13-8(16)6-1-2-17-4-6/h1-2,4H,3,5H2,(H,13,16)(H,14,15). The molecule has 0 saturated heterocycles. The van der Waals surface area contributed by atoms with Crippen LogP contribution in [0.1, 0.15) is 10.4 Å². The van der Waals surface area contributed by atoms with Gasteiger partial charge in [-0.05, 0) is 6.07 Å². The Hall–Kier alpha value is -1.99. The monoisotopic (exact) mass is 250 g/mol. The summed E-state index contributed by atoms with van der Waals surface area (Å²) in [5.74, 6) is -1.51. The van der Waals surface area contributed by atoms with Gasteiger partial charge in [0.05, 0.1) is 18.4 Å². The lowest BCUT2D eigenvalue weighted by atomic mass is 10.3. The fourth-order valence-corrected chi connectivity index (χ4v) is 0.918. The van der Waals surface area contributed by atoms with Crippen molar-refractivity contribution in [3.63, 3.8) is 0 Å². The number of hydrogen-bond acceptors (Lipinski definition) is 3. The number of hydrogen-bond donors (Lipinski definition) is 2. The van der Waals surface area contributed by atoms with Gasteiger partial charge in [0, 0.05) is 0 Å². The van der Waals surface area contributed by atoms with Crippen LogP contribution in [0.2, 0.25) is 0 Å². The Morgan fingerprint density at radius 2 is 2.00 bits per heavy atom. The van der Waals surface area contributed by atoms with E-state index in [-0.39, 0.29) is 5.56 Å². The largest absolute Gasteiger partial charge is 0.472 e. The molecule has 0 spiro atoms. The molecule has 0 saturated carbocycles. The summed E-state index contributed by atoms with van der Waals surface area (Å²) in [5.41, 5.74) is 0.189. The molecule has 1 aromatic heterocycles. The number of nitrogens with one attached hydrogen (secondary N) is 2. The molecule has 0 aliphatic heterocycles. The first-order valence-electron chi connectivity index (χ1n) is 4.52. The maximum absolute atomic E-state index is 11.7. The average Bonchev–Trinajstić information content (AvgIpc) is 2.75. The lowest BCUT2D eigenvalue weighted by molar-refractivity contribution is -0.137. The normalized spacial score (nSPS) is 11.0. The fraction of sp³-hybridized carbons (Fsp3) is 0.333. The summed E-state index contributed by atoms with van der Waals surface area (Å²) in [6.45, 7) is -1.95. The van der Waals surface area contributed by atoms with Gasteiger partial charge in [-0.3, -0.25) is 9.59 Å². The third-order valence-corrected chi connectivity index (χ3v) is 1.68. The molecule has 0 aliphatic rings. The predicted octanol–water partition coefficient (Wildman–Crippen LogP) is 0.688. The van der Waals surface area contributed by atoms with Crippen LogP contribution in [-0.2, 0) is 4.79 Å². The van der Waals surface area contributed by atoms with E-state index in [1.807, 2.05) is 0 Å². The summed E-state index contributed by atoms with van der Waals surface area (Å²) in [5, 5.41) is 3.76. The van der Waals surface area contributed by atoms with Crippen molar-refractivity contribution in [1.29, 1.82) is 0 Å². The number of amides is 2. The van der Waals surface area contributed by atoms with Gasteiger partial charge in [-0.15, -0.1) is 0 Å². The van der Waals surface area contributed by atoms with Gasteiger partial charge in [0.1, 0.15) is 12.8 Å². The van der Waals surface area contributed by atoms with Crippen molar-refractivity contribution < 1.29 is 27.2 Å². The van der Waals surface area contributed by atoms with E-state index in [1.54, 1.807) is 5.32 Å². The summed E-state index contributed by atoms with van der Waals surface area (Å²) < 4.78 is 39.8. The number of carbonyl (C=O) groups is 2. The number of rotatable bonds is 4. The van der Waals surface area contributed by atoms with E-state index in [9.17, 15) is 22.8 Å². The van der Waals surface area contributed by atoms with Gasteiger partial charge in [-0.2, -0.15) is 13.2 Å². The van der Waals surface area contributed by atoms with Crippen molar-refractivity contribution in [3.05, 3.63) is 24.2 Å². The zero-order valence-electron chi connectivity index (χ0n) is 8.50. The van der Waals surface area contributed by atoms with Crippen LogP contribution < -0.4 is 10.6 Å². The second-order valence-corrected chi connectivity index (χ2v) is 3.09. The lowest BCUT2D eigenvalue weighted by Crippen LogP contribution is -2.40. The third-order valence-electron chi connectivity index (χ3n) is 1.68. The molecule has 0 unspecified atom stereocenters. The summed E-state index contributed by atoms with van der Waals surface area (Å²) in [7, 11) is 0. The molecule has 0 bridgehead atoms. The summed E-state index contributed by atoms with van der Waals surface area (Å²) >= 11 is 0. The van der Waals surface area contributed by atoms with Gasteiger partial charge in [0.25, 0.3) is 5.91 Å². The van der Waals surface area contributed by atoms with E-state index in [1.165, 1.54) is 12.3 Å². The van der Waals surface area contributed by atoms with Crippen LogP contribution in [0.3, 0.4) is 0 Å². The van der Waals surface area contributed by atoms with Crippen molar-refractivity contribution in [3.8, 4) is 0 Å². The zero-order chi connectivity index (χ0) is 12.9. The highest BCUT2D eigenvalue weighted by molar-refractivity contribution is 5.96. The number of halogens is 3. The Balaban J connectivity index is 2.27. The minimum atomic E-state index is -4.47. The van der Waals surface area contributed by atoms with Gasteiger partial charge >= 0.3 is 6.18 Å². The highest BCUT2D eigenvalue weighted by Gasteiger charge is 2.27. The second-order valence-electron chi connectivity index (χ2n) is 3.09. The molecular weight excluding hydrogens is 241 g/mol. The zero-order valence-corrected chi connectivity index (χ0v) is 8.50. The lowest BCUT2D eigenvalue weighted by Gasteiger charge is -2.08. The topological polar surface area (TPSA) is 71.3 Å². The maximum Gasteiger partial charge on any atom is 0.405 e. The second kappa shape index (κ2) is 5.37. The first-order chi connectivity index (χ1) is 7.88. The highest BCUT2D eigenvalue weighted by atomic mass is 19.4. The third kappa shape index (κ3) is 5.05. The van der Waals surface area contributed by atoms with E-state index in [2.05, 4.69) is 9.73 Å². The fourth-order valence-electron chi connectivity index (χ4n) is 0.918. The van der Waals surface area contributed by atoms with Crippen molar-refractivity contribution >= 4 is 11.8 Å². The van der Waals surface area contributed by atoms with Crippen LogP contribution in [0.5, 0.6) is 0 Å². The molecule has 0 aromatic carbocycles. The molecule has 17 heavy (non-hydrogen) atoms. The Labute approximate surface area is 94.0 Å². The summed E-state index contributed by atoms with van der Waals surface area (Å²) in [4.78, 5) is 22.2. The molecular formula is C9H9F3N2O3. The van der Waals surface area contributed by atoms with E-state index >= 15 is 0 Å². The van der Waals surface area contributed by atoms with Crippen molar-refractivity contribution in [2.45, 2.75) is 6.18 Å². The van der Waals surface area contributed by atoms with E-state index in [0.717, 1.165) is 6.26 Å². The van der Waals surface area contributed by atoms with Gasteiger partial charge < -0.3 is 15.1 Å². The van der Waals surface area contributed by atoms with Gasteiger partial charge in [0.2, 0.25) is 5.91 Å². The molecule has 0 aliphatic carbocycles. The highest BCUT2D eigenvalue weighted by Crippen LogP contribution is 2.11. The van der Waals surface area contributed by atoms with Crippen LogP contribution in [0.15, 0.2) is 23.0 Å². The quantitative estimate of drug-likeness (QED) is 0.825. The molecule has 1 rings (SSSR count). The van der Waals surface area contributed by atoms with E-state index in [4.69, 9.17) is 0 Å².